The van der Waals surface area contributed by atoms with Gasteiger partial charge in [0.15, 0.2) is 0 Å². The largest absolute Gasteiger partial charge is 1.00 e. The minimum atomic E-state index is -1.05. The molecule has 0 aliphatic heterocycles. The van der Waals surface area contributed by atoms with Gasteiger partial charge >= 0.3 is 41.5 Å². The summed E-state index contributed by atoms with van der Waals surface area (Å²) in [7, 11) is 0. The average molecular weight is 210 g/mol. The summed E-state index contributed by atoms with van der Waals surface area (Å²) in [4.78, 5) is 21.3. The second-order valence-corrected chi connectivity index (χ2v) is 1.98. The van der Waals surface area contributed by atoms with Crippen LogP contribution in [0.2, 0.25) is 0 Å². The van der Waals surface area contributed by atoms with Gasteiger partial charge in [-0.15, -0.1) is 0 Å². The molecule has 0 radical (unpaired) electrons. The van der Waals surface area contributed by atoms with Crippen LogP contribution in [0.15, 0.2) is 11.8 Å². The Morgan fingerprint density at radius 1 is 1.21 bits per heavy atom. The fraction of sp³-hybridized carbons (Fsp3) is 0.500. The summed E-state index contributed by atoms with van der Waals surface area (Å²) in [6.45, 7) is 3.42. The minimum absolute atomic E-state index is 0. The number of carbonyl (C=O) groups is 2. The predicted octanol–water partition coefficient (Wildman–Crippen LogP) is -3.64. The first-order chi connectivity index (χ1) is 6.11. The molecule has 0 aliphatic rings. The second kappa shape index (κ2) is 9.05. The summed E-state index contributed by atoms with van der Waals surface area (Å²) in [5.41, 5.74) is 0. The first kappa shape index (κ1) is 15.9. The summed E-state index contributed by atoms with van der Waals surface area (Å²) in [5, 5.41) is 10.8. The third kappa shape index (κ3) is 6.94. The van der Waals surface area contributed by atoms with Gasteiger partial charge in [0.1, 0.15) is 0 Å². The Morgan fingerprint density at radius 3 is 2.14 bits per heavy atom. The van der Waals surface area contributed by atoms with E-state index >= 15 is 0 Å². The van der Waals surface area contributed by atoms with Crippen LogP contribution in [0, 0.1) is 0 Å². The van der Waals surface area contributed by atoms with E-state index in [0.29, 0.717) is 6.08 Å². The maximum atomic E-state index is 10.8. The quantitative estimate of drug-likeness (QED) is 0.207. The zero-order valence-electron chi connectivity index (χ0n) is 8.53. The van der Waals surface area contributed by atoms with Crippen molar-refractivity contribution in [3.8, 4) is 0 Å². The standard InChI is InChI=1S/C8H12O5.Na/c1-3-12-7(10)5-6(9)8(11)13-4-2;/h5,9H,3-4H2,1-2H3;/q;+1/p-1. The fourth-order valence-corrected chi connectivity index (χ4v) is 0.552. The topological polar surface area (TPSA) is 75.7 Å². The van der Waals surface area contributed by atoms with Crippen molar-refractivity contribution in [2.75, 3.05) is 13.2 Å². The molecule has 74 valence electrons. The summed E-state index contributed by atoms with van der Waals surface area (Å²) in [5.74, 6) is -2.88. The van der Waals surface area contributed by atoms with Crippen LogP contribution in [0.25, 0.3) is 0 Å². The Balaban J connectivity index is 0. The predicted molar refractivity (Wildman–Crippen MR) is 41.3 cm³/mol. The molecule has 0 rings (SSSR count). The van der Waals surface area contributed by atoms with Crippen LogP contribution < -0.4 is 34.7 Å². The number of rotatable bonds is 4. The first-order valence-electron chi connectivity index (χ1n) is 3.84. The molecule has 0 saturated heterocycles. The van der Waals surface area contributed by atoms with Gasteiger partial charge in [-0.25, -0.2) is 9.59 Å². The van der Waals surface area contributed by atoms with Crippen molar-refractivity contribution in [2.24, 2.45) is 0 Å². The molecule has 5 nitrogen and oxygen atoms in total. The number of esters is 2. The molecule has 14 heavy (non-hydrogen) atoms. The van der Waals surface area contributed by atoms with Crippen LogP contribution in [0.1, 0.15) is 13.8 Å². The SMILES string of the molecule is CCOC(=O)C=C([O-])C(=O)OCC.[Na+]. The third-order valence-electron chi connectivity index (χ3n) is 1.01. The second-order valence-electron chi connectivity index (χ2n) is 1.98. The first-order valence-corrected chi connectivity index (χ1v) is 3.84. The molecule has 0 aromatic heterocycles. The van der Waals surface area contributed by atoms with Gasteiger partial charge < -0.3 is 14.6 Å². The molecule has 0 N–H and O–H groups in total. The summed E-state index contributed by atoms with van der Waals surface area (Å²) in [6.07, 6.45) is 0.571. The van der Waals surface area contributed by atoms with Crippen molar-refractivity contribution in [1.82, 2.24) is 0 Å². The molecule has 0 bridgehead atoms. The zero-order chi connectivity index (χ0) is 10.3. The van der Waals surface area contributed by atoms with Crippen molar-refractivity contribution in [1.29, 1.82) is 0 Å². The van der Waals surface area contributed by atoms with Gasteiger partial charge in [0.2, 0.25) is 0 Å². The van der Waals surface area contributed by atoms with Crippen molar-refractivity contribution in [3.05, 3.63) is 11.8 Å². The van der Waals surface area contributed by atoms with E-state index in [0.717, 1.165) is 0 Å². The van der Waals surface area contributed by atoms with E-state index in [1.165, 1.54) is 0 Å². The van der Waals surface area contributed by atoms with Gasteiger partial charge in [0.25, 0.3) is 0 Å². The maximum Gasteiger partial charge on any atom is 1.00 e. The zero-order valence-corrected chi connectivity index (χ0v) is 10.5. The minimum Gasteiger partial charge on any atom is -0.867 e. The Bertz CT molecular complexity index is 224. The van der Waals surface area contributed by atoms with E-state index in [9.17, 15) is 14.7 Å². The molecule has 0 atom stereocenters. The molecule has 0 amide bonds. The van der Waals surface area contributed by atoms with E-state index in [1.54, 1.807) is 13.8 Å². The van der Waals surface area contributed by atoms with E-state index in [4.69, 9.17) is 0 Å². The smallest absolute Gasteiger partial charge is 0.867 e. The van der Waals surface area contributed by atoms with E-state index in [1.807, 2.05) is 0 Å². The van der Waals surface area contributed by atoms with E-state index in [-0.39, 0.29) is 42.8 Å². The molecule has 0 spiro atoms. The molecule has 6 heteroatoms. The van der Waals surface area contributed by atoms with Crippen molar-refractivity contribution in [3.63, 3.8) is 0 Å². The van der Waals surface area contributed by atoms with Crippen LogP contribution in [0.4, 0.5) is 0 Å². The van der Waals surface area contributed by atoms with Gasteiger partial charge in [-0.05, 0) is 19.6 Å². The molecular formula is C8H11NaO5. The molecule has 0 unspecified atom stereocenters. The number of carbonyl (C=O) groups excluding carboxylic acids is 2. The molecule has 0 fully saturated rings. The summed E-state index contributed by atoms with van der Waals surface area (Å²) >= 11 is 0. The van der Waals surface area contributed by atoms with E-state index < -0.39 is 17.7 Å². The molecular weight excluding hydrogens is 199 g/mol. The summed E-state index contributed by atoms with van der Waals surface area (Å²) in [6, 6.07) is 0. The monoisotopic (exact) mass is 210 g/mol. The summed E-state index contributed by atoms with van der Waals surface area (Å²) < 4.78 is 8.77. The van der Waals surface area contributed by atoms with Crippen molar-refractivity contribution in [2.45, 2.75) is 13.8 Å². The Labute approximate surface area is 104 Å². The average Bonchev–Trinajstić information content (AvgIpc) is 2.05. The Morgan fingerprint density at radius 2 is 1.71 bits per heavy atom. The molecule has 0 aromatic rings. The van der Waals surface area contributed by atoms with Crippen LogP contribution in [0.3, 0.4) is 0 Å². The molecule has 0 aliphatic carbocycles. The van der Waals surface area contributed by atoms with Gasteiger partial charge in [-0.3, -0.25) is 0 Å². The van der Waals surface area contributed by atoms with Crippen molar-refractivity contribution < 1.29 is 53.7 Å². The van der Waals surface area contributed by atoms with Crippen LogP contribution in [-0.4, -0.2) is 25.2 Å². The number of ether oxygens (including phenoxy) is 2. The normalized spacial score (nSPS) is 10.0. The van der Waals surface area contributed by atoms with Crippen LogP contribution in [0.5, 0.6) is 0 Å². The number of hydrogen-bond acceptors (Lipinski definition) is 5. The van der Waals surface area contributed by atoms with Crippen molar-refractivity contribution >= 4 is 11.9 Å². The molecule has 0 aromatic carbocycles. The maximum absolute atomic E-state index is 10.8. The Kier molecular flexibility index (Phi) is 10.3. The fourth-order valence-electron chi connectivity index (χ4n) is 0.552. The number of hydrogen-bond donors (Lipinski definition) is 0. The van der Waals surface area contributed by atoms with Crippen LogP contribution >= 0.6 is 0 Å². The van der Waals surface area contributed by atoms with Gasteiger partial charge in [-0.1, -0.05) is 0 Å². The Hall–Kier alpha value is -0.520. The molecule has 0 saturated carbocycles. The van der Waals surface area contributed by atoms with Gasteiger partial charge in [0, 0.05) is 6.08 Å². The third-order valence-corrected chi connectivity index (χ3v) is 1.01. The van der Waals surface area contributed by atoms with Gasteiger partial charge in [-0.2, -0.15) is 0 Å². The van der Waals surface area contributed by atoms with E-state index in [2.05, 4.69) is 9.47 Å². The van der Waals surface area contributed by atoms with Gasteiger partial charge in [0.05, 0.1) is 13.2 Å². The molecule has 0 heterocycles. The van der Waals surface area contributed by atoms with Crippen LogP contribution in [-0.2, 0) is 19.1 Å².